The number of nitro groups is 1. The number of carbonyl (C=O) groups is 1. The van der Waals surface area contributed by atoms with E-state index in [1.54, 1.807) is 12.3 Å². The van der Waals surface area contributed by atoms with Gasteiger partial charge in [0.25, 0.3) is 11.5 Å². The molecule has 0 radical (unpaired) electrons. The van der Waals surface area contributed by atoms with E-state index < -0.39 is 39.2 Å². The molecule has 2 aromatic heterocycles. The Balaban J connectivity index is 1.78. The first-order chi connectivity index (χ1) is 13.1. The second-order valence-corrected chi connectivity index (χ2v) is 6.80. The highest BCUT2D eigenvalue weighted by atomic mass is 32.2. The van der Waals surface area contributed by atoms with E-state index in [1.807, 2.05) is 0 Å². The molecule has 1 atom stereocenters. The summed E-state index contributed by atoms with van der Waals surface area (Å²) in [5.41, 5.74) is -2.60. The number of nitrogens with zero attached hydrogens (tertiary/aromatic N) is 5. The van der Waals surface area contributed by atoms with Crippen LogP contribution in [0, 0.1) is 10.1 Å². The number of nitrogens with one attached hydrogen (secondary N) is 1. The molecule has 0 saturated heterocycles. The lowest BCUT2D eigenvalue weighted by Crippen LogP contribution is -2.24. The van der Waals surface area contributed by atoms with Crippen molar-refractivity contribution in [3.63, 3.8) is 0 Å². The van der Waals surface area contributed by atoms with Crippen LogP contribution in [0.5, 0.6) is 0 Å². The molecule has 1 amide bonds. The standard InChI is InChI=1S/C15H11F3N6O3S/c1-8(28-14-21-13-19-5-2-6-23(13)22-14)12(25)20-11-4-3-9(24(26)27)7-10(11)15(16,17)18/h2-8H,1H3,(H,20,25). The minimum absolute atomic E-state index is 0.223. The first kappa shape index (κ1) is 19.5. The van der Waals surface area contributed by atoms with E-state index in [9.17, 15) is 28.1 Å². The number of amides is 1. The molecule has 3 aromatic rings. The van der Waals surface area contributed by atoms with Gasteiger partial charge < -0.3 is 5.32 Å². The van der Waals surface area contributed by atoms with E-state index in [1.165, 1.54) is 17.6 Å². The summed E-state index contributed by atoms with van der Waals surface area (Å²) in [7, 11) is 0. The van der Waals surface area contributed by atoms with Crippen molar-refractivity contribution in [3.8, 4) is 0 Å². The molecule has 9 nitrogen and oxygen atoms in total. The maximum atomic E-state index is 13.2. The molecule has 0 spiro atoms. The minimum Gasteiger partial charge on any atom is -0.325 e. The number of benzene rings is 1. The Morgan fingerprint density at radius 1 is 1.39 bits per heavy atom. The van der Waals surface area contributed by atoms with E-state index in [4.69, 9.17) is 0 Å². The first-order valence-electron chi connectivity index (χ1n) is 7.65. The van der Waals surface area contributed by atoms with Crippen molar-refractivity contribution in [2.75, 3.05) is 5.32 Å². The van der Waals surface area contributed by atoms with E-state index >= 15 is 0 Å². The fraction of sp³-hybridized carbons (Fsp3) is 0.200. The van der Waals surface area contributed by atoms with Crippen molar-refractivity contribution < 1.29 is 22.9 Å². The molecule has 3 rings (SSSR count). The normalized spacial score (nSPS) is 12.7. The molecule has 13 heteroatoms. The molecule has 146 valence electrons. The van der Waals surface area contributed by atoms with Crippen LogP contribution in [0.4, 0.5) is 24.5 Å². The van der Waals surface area contributed by atoms with Crippen molar-refractivity contribution in [3.05, 3.63) is 52.3 Å². The van der Waals surface area contributed by atoms with Crippen LogP contribution in [0.15, 0.2) is 41.8 Å². The number of alkyl halides is 3. The molecule has 0 saturated carbocycles. The zero-order valence-corrected chi connectivity index (χ0v) is 14.9. The molecule has 0 aliphatic heterocycles. The van der Waals surface area contributed by atoms with Crippen LogP contribution in [0.2, 0.25) is 0 Å². The molecule has 0 fully saturated rings. The second-order valence-electron chi connectivity index (χ2n) is 5.49. The predicted molar refractivity (Wildman–Crippen MR) is 92.8 cm³/mol. The summed E-state index contributed by atoms with van der Waals surface area (Å²) in [6.45, 7) is 1.47. The second kappa shape index (κ2) is 7.42. The summed E-state index contributed by atoms with van der Waals surface area (Å²) in [5.74, 6) is -0.427. The van der Waals surface area contributed by atoms with E-state index in [2.05, 4.69) is 20.4 Å². The summed E-state index contributed by atoms with van der Waals surface area (Å²) in [5, 5.41) is 16.4. The number of anilines is 1. The quantitative estimate of drug-likeness (QED) is 0.389. The van der Waals surface area contributed by atoms with Crippen LogP contribution in [0.3, 0.4) is 0 Å². The SMILES string of the molecule is CC(Sc1nc2ncccn2n1)C(=O)Nc1ccc([N+](=O)[O-])cc1C(F)(F)F. The fourth-order valence-electron chi connectivity index (χ4n) is 2.20. The predicted octanol–water partition coefficient (Wildman–Crippen LogP) is 3.17. The Hall–Kier alpha value is -3.22. The number of thioether (sulfide) groups is 1. The molecule has 1 unspecified atom stereocenters. The Morgan fingerprint density at radius 3 is 2.79 bits per heavy atom. The maximum absolute atomic E-state index is 13.2. The van der Waals surface area contributed by atoms with Gasteiger partial charge in [-0.15, -0.1) is 5.10 Å². The van der Waals surface area contributed by atoms with E-state index in [-0.39, 0.29) is 5.16 Å². The lowest BCUT2D eigenvalue weighted by atomic mass is 10.1. The van der Waals surface area contributed by atoms with Crippen LogP contribution >= 0.6 is 11.8 Å². The van der Waals surface area contributed by atoms with Crippen LogP contribution in [-0.2, 0) is 11.0 Å². The lowest BCUT2D eigenvalue weighted by Gasteiger charge is -2.15. The van der Waals surface area contributed by atoms with Crippen molar-refractivity contribution in [1.82, 2.24) is 19.6 Å². The zero-order valence-electron chi connectivity index (χ0n) is 14.0. The number of nitro benzene ring substituents is 1. The zero-order chi connectivity index (χ0) is 20.5. The Bertz CT molecular complexity index is 1020. The number of rotatable bonds is 5. The van der Waals surface area contributed by atoms with Crippen molar-refractivity contribution in [1.29, 1.82) is 0 Å². The van der Waals surface area contributed by atoms with Gasteiger partial charge in [-0.25, -0.2) is 9.50 Å². The Labute approximate surface area is 159 Å². The number of hydrogen-bond acceptors (Lipinski definition) is 7. The minimum atomic E-state index is -4.88. The highest BCUT2D eigenvalue weighted by Crippen LogP contribution is 2.37. The monoisotopic (exact) mass is 412 g/mol. The van der Waals surface area contributed by atoms with Crippen LogP contribution in [0.25, 0.3) is 5.78 Å². The van der Waals surface area contributed by atoms with Gasteiger partial charge in [0.05, 0.1) is 21.4 Å². The van der Waals surface area contributed by atoms with Crippen LogP contribution < -0.4 is 5.32 Å². The van der Waals surface area contributed by atoms with Crippen molar-refractivity contribution >= 4 is 34.8 Å². The topological polar surface area (TPSA) is 115 Å². The van der Waals surface area contributed by atoms with Crippen molar-refractivity contribution in [2.45, 2.75) is 23.5 Å². The highest BCUT2D eigenvalue weighted by molar-refractivity contribution is 8.00. The number of carbonyl (C=O) groups excluding carboxylic acids is 1. The third-order valence-corrected chi connectivity index (χ3v) is 4.48. The number of halogens is 3. The summed E-state index contributed by atoms with van der Waals surface area (Å²) in [4.78, 5) is 30.2. The van der Waals surface area contributed by atoms with Gasteiger partial charge in [0, 0.05) is 24.5 Å². The van der Waals surface area contributed by atoms with Gasteiger partial charge in [-0.3, -0.25) is 14.9 Å². The van der Waals surface area contributed by atoms with Gasteiger partial charge in [-0.1, -0.05) is 11.8 Å². The van der Waals surface area contributed by atoms with E-state index in [0.29, 0.717) is 11.8 Å². The summed E-state index contributed by atoms with van der Waals surface area (Å²) < 4.78 is 41.0. The molecule has 0 aliphatic rings. The molecule has 1 N–H and O–H groups in total. The average molecular weight is 412 g/mol. The maximum Gasteiger partial charge on any atom is 0.418 e. The number of hydrogen-bond donors (Lipinski definition) is 1. The largest absolute Gasteiger partial charge is 0.418 e. The van der Waals surface area contributed by atoms with Gasteiger partial charge in [0.15, 0.2) is 0 Å². The molecule has 0 aliphatic carbocycles. The van der Waals surface area contributed by atoms with Gasteiger partial charge in [-0.2, -0.15) is 18.2 Å². The van der Waals surface area contributed by atoms with E-state index in [0.717, 1.165) is 23.9 Å². The van der Waals surface area contributed by atoms with Crippen LogP contribution in [0.1, 0.15) is 12.5 Å². The van der Waals surface area contributed by atoms with Gasteiger partial charge in [0.2, 0.25) is 11.1 Å². The molecular formula is C15H11F3N6O3S. The molecular weight excluding hydrogens is 401 g/mol. The molecule has 1 aromatic carbocycles. The highest BCUT2D eigenvalue weighted by Gasteiger charge is 2.36. The summed E-state index contributed by atoms with van der Waals surface area (Å²) in [6.07, 6.45) is -1.75. The summed E-state index contributed by atoms with van der Waals surface area (Å²) >= 11 is 0.933. The Kier molecular flexibility index (Phi) is 5.18. The Morgan fingerprint density at radius 2 is 2.14 bits per heavy atom. The van der Waals surface area contributed by atoms with Crippen molar-refractivity contribution in [2.24, 2.45) is 0 Å². The first-order valence-corrected chi connectivity index (χ1v) is 8.53. The molecule has 0 bridgehead atoms. The smallest absolute Gasteiger partial charge is 0.325 e. The van der Waals surface area contributed by atoms with Crippen LogP contribution in [-0.4, -0.2) is 35.7 Å². The third-order valence-electron chi connectivity index (χ3n) is 3.53. The molecule has 2 heterocycles. The lowest BCUT2D eigenvalue weighted by molar-refractivity contribution is -0.385. The number of fused-ring (bicyclic) bond motifs is 1. The number of aromatic nitrogens is 4. The summed E-state index contributed by atoms with van der Waals surface area (Å²) in [6, 6.07) is 3.75. The molecule has 28 heavy (non-hydrogen) atoms. The van der Waals surface area contributed by atoms with Gasteiger partial charge in [0.1, 0.15) is 0 Å². The van der Waals surface area contributed by atoms with Gasteiger partial charge in [-0.05, 0) is 19.1 Å². The third kappa shape index (κ3) is 4.19. The fourth-order valence-corrected chi connectivity index (χ4v) is 2.95. The van der Waals surface area contributed by atoms with Gasteiger partial charge >= 0.3 is 6.18 Å². The average Bonchev–Trinajstić information content (AvgIpc) is 3.03. The number of non-ortho nitro benzene ring substituents is 1.